The summed E-state index contributed by atoms with van der Waals surface area (Å²) in [6.07, 6.45) is 6.20. The van der Waals surface area contributed by atoms with Gasteiger partial charge in [-0.15, -0.1) is 10.2 Å². The van der Waals surface area contributed by atoms with Crippen LogP contribution in [0.4, 0.5) is 0 Å². The lowest BCUT2D eigenvalue weighted by atomic mass is 10.1. The first kappa shape index (κ1) is 14.6. The van der Waals surface area contributed by atoms with Gasteiger partial charge < -0.3 is 8.98 Å². The minimum Gasteiger partial charge on any atom is -0.421 e. The van der Waals surface area contributed by atoms with Gasteiger partial charge in [-0.1, -0.05) is 18.2 Å². The van der Waals surface area contributed by atoms with Crippen LogP contribution in [0.15, 0.2) is 41.1 Å². The van der Waals surface area contributed by atoms with Crippen molar-refractivity contribution in [2.45, 2.75) is 25.8 Å². The molecule has 0 radical (unpaired) electrons. The summed E-state index contributed by atoms with van der Waals surface area (Å²) in [6, 6.07) is 8.88. The average Bonchev–Trinajstić information content (AvgIpc) is 3.26. The minimum absolute atomic E-state index is 0.193. The monoisotopic (exact) mass is 351 g/mol. The largest absolute Gasteiger partial charge is 0.421 e. The lowest BCUT2D eigenvalue weighted by Gasteiger charge is -2.04. The summed E-state index contributed by atoms with van der Waals surface area (Å²) in [6.45, 7) is 1.76. The van der Waals surface area contributed by atoms with Gasteiger partial charge in [-0.05, 0) is 30.5 Å². The van der Waals surface area contributed by atoms with Crippen LogP contribution in [0, 0.1) is 6.92 Å². The predicted molar refractivity (Wildman–Crippen MR) is 94.3 cm³/mol. The molecule has 3 heterocycles. The number of rotatable bonds is 3. The average molecular weight is 352 g/mol. The fraction of sp³-hybridized carbons (Fsp3) is 0.222. The molecule has 0 amide bonds. The van der Waals surface area contributed by atoms with Gasteiger partial charge in [0.25, 0.3) is 5.89 Å². The number of hydrogen-bond donors (Lipinski definition) is 0. The van der Waals surface area contributed by atoms with Gasteiger partial charge >= 0.3 is 0 Å². The summed E-state index contributed by atoms with van der Waals surface area (Å²) in [7, 11) is 0. The van der Waals surface area contributed by atoms with Crippen LogP contribution in [-0.4, -0.2) is 24.7 Å². The minimum atomic E-state index is 0.193. The molecule has 4 aromatic rings. The molecule has 124 valence electrons. The van der Waals surface area contributed by atoms with E-state index < -0.39 is 0 Å². The van der Waals surface area contributed by atoms with E-state index in [-0.39, 0.29) is 5.28 Å². The van der Waals surface area contributed by atoms with E-state index in [9.17, 15) is 0 Å². The molecule has 1 saturated carbocycles. The molecular weight excluding hydrogens is 338 g/mol. The van der Waals surface area contributed by atoms with E-state index in [0.717, 1.165) is 10.9 Å². The Morgan fingerprint density at radius 2 is 2.00 bits per heavy atom. The number of nitrogens with zero attached hydrogens (tertiary/aromatic N) is 5. The summed E-state index contributed by atoms with van der Waals surface area (Å²) in [5.41, 5.74) is 3.59. The normalized spacial score (nSPS) is 14.3. The maximum Gasteiger partial charge on any atom is 0.251 e. The Morgan fingerprint density at radius 1 is 1.16 bits per heavy atom. The molecule has 0 bridgehead atoms. The van der Waals surface area contributed by atoms with Crippen molar-refractivity contribution < 1.29 is 4.42 Å². The number of benzene rings is 1. The fourth-order valence-corrected chi connectivity index (χ4v) is 3.31. The molecule has 0 spiro atoms. The molecule has 0 saturated heterocycles. The lowest BCUT2D eigenvalue weighted by Crippen LogP contribution is -1.93. The first-order valence-electron chi connectivity index (χ1n) is 8.13. The van der Waals surface area contributed by atoms with Gasteiger partial charge in [-0.3, -0.25) is 0 Å². The number of halogens is 1. The van der Waals surface area contributed by atoms with Crippen LogP contribution in [0.2, 0.25) is 5.28 Å². The van der Waals surface area contributed by atoms with Crippen molar-refractivity contribution in [1.29, 1.82) is 0 Å². The second-order valence-electron chi connectivity index (χ2n) is 6.23. The summed E-state index contributed by atoms with van der Waals surface area (Å²) in [5.74, 6) is 0.892. The molecule has 0 N–H and O–H groups in total. The summed E-state index contributed by atoms with van der Waals surface area (Å²) >= 11 is 6.10. The Morgan fingerprint density at radius 3 is 2.76 bits per heavy atom. The predicted octanol–water partition coefficient (Wildman–Crippen LogP) is 4.45. The molecule has 0 atom stereocenters. The van der Waals surface area contributed by atoms with E-state index in [1.165, 1.54) is 18.4 Å². The van der Waals surface area contributed by atoms with Gasteiger partial charge in [-0.2, -0.15) is 0 Å². The molecule has 7 heteroatoms. The van der Waals surface area contributed by atoms with Crippen molar-refractivity contribution in [2.24, 2.45) is 0 Å². The van der Waals surface area contributed by atoms with E-state index in [2.05, 4.69) is 49.1 Å². The van der Waals surface area contributed by atoms with Gasteiger partial charge in [0, 0.05) is 41.8 Å². The van der Waals surface area contributed by atoms with Crippen LogP contribution < -0.4 is 0 Å². The number of hydrogen-bond acceptors (Lipinski definition) is 5. The lowest BCUT2D eigenvalue weighted by molar-refractivity contribution is 0.532. The van der Waals surface area contributed by atoms with Crippen molar-refractivity contribution in [3.05, 3.63) is 47.8 Å². The topological polar surface area (TPSA) is 69.6 Å². The van der Waals surface area contributed by atoms with Crippen LogP contribution in [0.25, 0.3) is 33.6 Å². The van der Waals surface area contributed by atoms with Crippen LogP contribution in [0.5, 0.6) is 0 Å². The Labute approximate surface area is 148 Å². The zero-order chi connectivity index (χ0) is 17.0. The molecular formula is C18H14ClN5O. The van der Waals surface area contributed by atoms with Crippen molar-refractivity contribution in [3.8, 4) is 22.7 Å². The summed E-state index contributed by atoms with van der Waals surface area (Å²) < 4.78 is 7.92. The van der Waals surface area contributed by atoms with E-state index in [1.54, 1.807) is 13.1 Å². The van der Waals surface area contributed by atoms with E-state index >= 15 is 0 Å². The third kappa shape index (κ3) is 2.41. The molecule has 0 unspecified atom stereocenters. The maximum atomic E-state index is 6.10. The van der Waals surface area contributed by atoms with Gasteiger partial charge in [0.05, 0.1) is 11.3 Å². The SMILES string of the molecule is Cc1nnc(-c2cnc(Cl)nc2-c2cn(C3CC3)c3ccccc23)o1. The highest BCUT2D eigenvalue weighted by molar-refractivity contribution is 6.28. The van der Waals surface area contributed by atoms with Gasteiger partial charge in [-0.25, -0.2) is 9.97 Å². The highest BCUT2D eigenvalue weighted by Crippen LogP contribution is 2.42. The van der Waals surface area contributed by atoms with E-state index in [0.29, 0.717) is 29.1 Å². The van der Waals surface area contributed by atoms with E-state index in [4.69, 9.17) is 16.0 Å². The molecule has 5 rings (SSSR count). The summed E-state index contributed by atoms with van der Waals surface area (Å²) in [4.78, 5) is 8.59. The zero-order valence-corrected chi connectivity index (χ0v) is 14.2. The molecule has 6 nitrogen and oxygen atoms in total. The Hall–Kier alpha value is -2.73. The van der Waals surface area contributed by atoms with Gasteiger partial charge in [0.15, 0.2) is 0 Å². The summed E-state index contributed by atoms with van der Waals surface area (Å²) in [5, 5.41) is 9.35. The number of aryl methyl sites for hydroxylation is 1. The van der Waals surface area contributed by atoms with Crippen LogP contribution in [-0.2, 0) is 0 Å². The highest BCUT2D eigenvalue weighted by atomic mass is 35.5. The second-order valence-corrected chi connectivity index (χ2v) is 6.56. The van der Waals surface area contributed by atoms with Crippen molar-refractivity contribution >= 4 is 22.5 Å². The van der Waals surface area contributed by atoms with Gasteiger partial charge in [0.1, 0.15) is 0 Å². The molecule has 1 aromatic carbocycles. The Bertz CT molecular complexity index is 1100. The van der Waals surface area contributed by atoms with Crippen molar-refractivity contribution in [3.63, 3.8) is 0 Å². The standard InChI is InChI=1S/C18H14ClN5O/c1-10-22-23-17(25-10)13-8-20-18(19)21-16(13)14-9-24(11-6-7-11)15-5-3-2-4-12(14)15/h2-5,8-9,11H,6-7H2,1H3. The van der Waals surface area contributed by atoms with Crippen molar-refractivity contribution in [1.82, 2.24) is 24.7 Å². The highest BCUT2D eigenvalue weighted by Gasteiger charge is 2.27. The molecule has 0 aliphatic heterocycles. The zero-order valence-electron chi connectivity index (χ0n) is 13.5. The molecule has 1 aliphatic rings. The maximum absolute atomic E-state index is 6.10. The van der Waals surface area contributed by atoms with E-state index in [1.807, 2.05) is 6.07 Å². The van der Waals surface area contributed by atoms with Gasteiger partial charge in [0.2, 0.25) is 11.2 Å². The number of aromatic nitrogens is 5. The molecule has 1 fully saturated rings. The molecule has 25 heavy (non-hydrogen) atoms. The van der Waals surface area contributed by atoms with Crippen molar-refractivity contribution in [2.75, 3.05) is 0 Å². The second kappa shape index (κ2) is 5.39. The number of fused-ring (bicyclic) bond motifs is 1. The molecule has 3 aromatic heterocycles. The quantitative estimate of drug-likeness (QED) is 0.510. The van der Waals surface area contributed by atoms with Crippen LogP contribution in [0.1, 0.15) is 24.8 Å². The first-order chi connectivity index (χ1) is 12.2. The smallest absolute Gasteiger partial charge is 0.251 e. The third-order valence-corrected chi connectivity index (χ3v) is 4.63. The third-order valence-electron chi connectivity index (χ3n) is 4.45. The first-order valence-corrected chi connectivity index (χ1v) is 8.51. The number of para-hydroxylation sites is 1. The Kier molecular flexibility index (Phi) is 3.15. The van der Waals surface area contributed by atoms with Crippen LogP contribution >= 0.6 is 11.6 Å². The van der Waals surface area contributed by atoms with Crippen LogP contribution in [0.3, 0.4) is 0 Å². The molecule has 1 aliphatic carbocycles. The Balaban J connectivity index is 1.79. The fourth-order valence-electron chi connectivity index (χ4n) is 3.18.